The van der Waals surface area contributed by atoms with E-state index in [0.29, 0.717) is 11.6 Å². The predicted octanol–water partition coefficient (Wildman–Crippen LogP) is -0.428. The van der Waals surface area contributed by atoms with Crippen molar-refractivity contribution in [3.63, 3.8) is 0 Å². The molecule has 0 amide bonds. The molecule has 13 heavy (non-hydrogen) atoms. The maximum absolute atomic E-state index is 11.0. The van der Waals surface area contributed by atoms with Gasteiger partial charge in [-0.2, -0.15) is 0 Å². The Kier molecular flexibility index (Phi) is 1.97. The van der Waals surface area contributed by atoms with Gasteiger partial charge in [0.05, 0.1) is 5.69 Å². The summed E-state index contributed by atoms with van der Waals surface area (Å²) in [7, 11) is 0. The zero-order valence-electron chi connectivity index (χ0n) is 7.21. The molecular formula is C8H13N3O2. The molecule has 0 spiro atoms. The molecule has 5 heteroatoms. The molecule has 1 aromatic rings. The number of hydrogen-bond donors (Lipinski definition) is 4. The van der Waals surface area contributed by atoms with E-state index < -0.39 is 6.10 Å². The Hall–Kier alpha value is -1.07. The summed E-state index contributed by atoms with van der Waals surface area (Å²) in [4.78, 5) is 16.3. The highest BCUT2D eigenvalue weighted by atomic mass is 16.3. The lowest BCUT2D eigenvalue weighted by molar-refractivity contribution is 0.181. The number of aromatic amines is 2. The van der Waals surface area contributed by atoms with Crippen LogP contribution in [0.4, 0.5) is 0 Å². The number of hydrogen-bond acceptors (Lipinski definition) is 3. The van der Waals surface area contributed by atoms with Gasteiger partial charge in [-0.3, -0.25) is 0 Å². The Bertz CT molecular complexity index is 351. The monoisotopic (exact) mass is 183 g/mol. The minimum Gasteiger partial charge on any atom is -0.385 e. The van der Waals surface area contributed by atoms with Crippen LogP contribution in [-0.4, -0.2) is 21.6 Å². The molecule has 2 rings (SSSR count). The van der Waals surface area contributed by atoms with Crippen LogP contribution in [0.1, 0.15) is 36.3 Å². The standard InChI is InChI=1S/C8H13N3O2/c9-3-5(12)7-6(4-1-2-4)10-8(13)11-7/h4-5,12H,1-3,9H2,(H2,10,11,13). The number of aliphatic hydroxyl groups excluding tert-OH is 1. The lowest BCUT2D eigenvalue weighted by atomic mass is 10.1. The normalized spacial score (nSPS) is 18.9. The van der Waals surface area contributed by atoms with Crippen molar-refractivity contribution in [2.45, 2.75) is 24.9 Å². The number of rotatable bonds is 3. The summed E-state index contributed by atoms with van der Waals surface area (Å²) < 4.78 is 0. The van der Waals surface area contributed by atoms with Crippen LogP contribution in [0, 0.1) is 0 Å². The van der Waals surface area contributed by atoms with Crippen LogP contribution in [0.3, 0.4) is 0 Å². The lowest BCUT2D eigenvalue weighted by Crippen LogP contribution is -2.14. The fourth-order valence-corrected chi connectivity index (χ4v) is 1.49. The highest BCUT2D eigenvalue weighted by Crippen LogP contribution is 2.40. The van der Waals surface area contributed by atoms with Crippen LogP contribution >= 0.6 is 0 Å². The van der Waals surface area contributed by atoms with Crippen LogP contribution < -0.4 is 11.4 Å². The summed E-state index contributed by atoms with van der Waals surface area (Å²) in [5.74, 6) is 0.412. The van der Waals surface area contributed by atoms with Crippen LogP contribution in [-0.2, 0) is 0 Å². The van der Waals surface area contributed by atoms with Crippen molar-refractivity contribution < 1.29 is 5.11 Å². The van der Waals surface area contributed by atoms with Gasteiger partial charge in [0, 0.05) is 18.2 Å². The lowest BCUT2D eigenvalue weighted by Gasteiger charge is -2.06. The second kappa shape index (κ2) is 3.01. The van der Waals surface area contributed by atoms with Gasteiger partial charge in [-0.25, -0.2) is 4.79 Å². The zero-order valence-corrected chi connectivity index (χ0v) is 7.21. The average Bonchev–Trinajstić information content (AvgIpc) is 2.89. The molecule has 0 aliphatic heterocycles. The van der Waals surface area contributed by atoms with E-state index >= 15 is 0 Å². The first-order valence-corrected chi connectivity index (χ1v) is 4.42. The quantitative estimate of drug-likeness (QED) is 0.512. The molecule has 0 bridgehead atoms. The van der Waals surface area contributed by atoms with Crippen molar-refractivity contribution in [3.05, 3.63) is 21.9 Å². The number of nitrogens with one attached hydrogen (secondary N) is 2. The van der Waals surface area contributed by atoms with E-state index in [1.807, 2.05) is 0 Å². The number of aromatic nitrogens is 2. The topological polar surface area (TPSA) is 94.9 Å². The van der Waals surface area contributed by atoms with Crippen LogP contribution in [0.25, 0.3) is 0 Å². The smallest absolute Gasteiger partial charge is 0.323 e. The van der Waals surface area contributed by atoms with Gasteiger partial charge in [-0.15, -0.1) is 0 Å². The molecule has 5 nitrogen and oxygen atoms in total. The first-order valence-electron chi connectivity index (χ1n) is 4.42. The highest BCUT2D eigenvalue weighted by molar-refractivity contribution is 5.22. The SMILES string of the molecule is NCC(O)c1[nH]c(=O)[nH]c1C1CC1. The second-order valence-electron chi connectivity index (χ2n) is 3.43. The molecule has 1 aliphatic carbocycles. The van der Waals surface area contributed by atoms with Crippen LogP contribution in [0.2, 0.25) is 0 Å². The van der Waals surface area contributed by atoms with Gasteiger partial charge in [0.15, 0.2) is 0 Å². The summed E-state index contributed by atoms with van der Waals surface area (Å²) >= 11 is 0. The van der Waals surface area contributed by atoms with E-state index in [4.69, 9.17) is 5.73 Å². The highest BCUT2D eigenvalue weighted by Gasteiger charge is 2.30. The fourth-order valence-electron chi connectivity index (χ4n) is 1.49. The zero-order chi connectivity index (χ0) is 9.42. The summed E-state index contributed by atoms with van der Waals surface area (Å²) in [5, 5.41) is 9.48. The number of H-pyrrole nitrogens is 2. The van der Waals surface area contributed by atoms with E-state index in [-0.39, 0.29) is 12.2 Å². The molecule has 5 N–H and O–H groups in total. The largest absolute Gasteiger partial charge is 0.385 e. The molecule has 1 unspecified atom stereocenters. The summed E-state index contributed by atoms with van der Waals surface area (Å²) in [6.07, 6.45) is 1.41. The summed E-state index contributed by atoms with van der Waals surface area (Å²) in [6.45, 7) is 0.132. The molecule has 1 heterocycles. The van der Waals surface area contributed by atoms with Crippen molar-refractivity contribution in [1.29, 1.82) is 0 Å². The maximum atomic E-state index is 11.0. The maximum Gasteiger partial charge on any atom is 0.323 e. The Balaban J connectivity index is 2.36. The number of imidazole rings is 1. The van der Waals surface area contributed by atoms with Crippen molar-refractivity contribution >= 4 is 0 Å². The molecule has 1 aromatic heterocycles. The third kappa shape index (κ3) is 1.52. The molecule has 72 valence electrons. The Morgan fingerprint density at radius 1 is 1.54 bits per heavy atom. The van der Waals surface area contributed by atoms with Gasteiger partial charge >= 0.3 is 5.69 Å². The fraction of sp³-hybridized carbons (Fsp3) is 0.625. The predicted molar refractivity (Wildman–Crippen MR) is 47.4 cm³/mol. The first-order chi connectivity index (χ1) is 6.22. The molecule has 0 radical (unpaired) electrons. The van der Waals surface area contributed by atoms with Gasteiger partial charge in [0.2, 0.25) is 0 Å². The Morgan fingerprint density at radius 2 is 2.23 bits per heavy atom. The van der Waals surface area contributed by atoms with Gasteiger partial charge in [-0.05, 0) is 12.8 Å². The Labute approximate surface area is 75.0 Å². The third-order valence-corrected chi connectivity index (χ3v) is 2.33. The third-order valence-electron chi connectivity index (χ3n) is 2.33. The molecule has 0 aromatic carbocycles. The van der Waals surface area contributed by atoms with Crippen LogP contribution in [0.5, 0.6) is 0 Å². The van der Waals surface area contributed by atoms with Crippen molar-refractivity contribution in [3.8, 4) is 0 Å². The van der Waals surface area contributed by atoms with Gasteiger partial charge in [0.1, 0.15) is 6.10 Å². The van der Waals surface area contributed by atoms with Crippen molar-refractivity contribution in [2.75, 3.05) is 6.54 Å². The molecule has 1 fully saturated rings. The van der Waals surface area contributed by atoms with E-state index in [0.717, 1.165) is 18.5 Å². The minimum atomic E-state index is -0.755. The Morgan fingerprint density at radius 3 is 2.77 bits per heavy atom. The van der Waals surface area contributed by atoms with Gasteiger partial charge in [0.25, 0.3) is 0 Å². The van der Waals surface area contributed by atoms with Crippen molar-refractivity contribution in [2.24, 2.45) is 5.73 Å². The summed E-state index contributed by atoms with van der Waals surface area (Å²) in [5.41, 5.74) is 6.46. The van der Waals surface area contributed by atoms with Crippen LogP contribution in [0.15, 0.2) is 4.79 Å². The van der Waals surface area contributed by atoms with E-state index in [1.54, 1.807) is 0 Å². The van der Waals surface area contributed by atoms with E-state index in [2.05, 4.69) is 9.97 Å². The summed E-state index contributed by atoms with van der Waals surface area (Å²) in [6, 6.07) is 0. The molecule has 1 atom stereocenters. The van der Waals surface area contributed by atoms with Gasteiger partial charge < -0.3 is 20.8 Å². The van der Waals surface area contributed by atoms with Crippen molar-refractivity contribution in [1.82, 2.24) is 9.97 Å². The minimum absolute atomic E-state index is 0.132. The number of aliphatic hydroxyl groups is 1. The van der Waals surface area contributed by atoms with E-state index in [1.165, 1.54) is 0 Å². The number of nitrogens with two attached hydrogens (primary N) is 1. The van der Waals surface area contributed by atoms with Gasteiger partial charge in [-0.1, -0.05) is 0 Å². The molecule has 0 saturated heterocycles. The second-order valence-corrected chi connectivity index (χ2v) is 3.43. The first kappa shape index (κ1) is 8.52. The molecular weight excluding hydrogens is 170 g/mol. The molecule has 1 saturated carbocycles. The average molecular weight is 183 g/mol. The van der Waals surface area contributed by atoms with E-state index in [9.17, 15) is 9.90 Å². The molecule has 1 aliphatic rings.